The molecule has 0 spiro atoms. The number of oxazole rings is 1. The maximum atomic E-state index is 6.19. The van der Waals surface area contributed by atoms with E-state index in [-0.39, 0.29) is 5.41 Å². The van der Waals surface area contributed by atoms with Crippen LogP contribution in [0.3, 0.4) is 0 Å². The van der Waals surface area contributed by atoms with E-state index in [1.54, 1.807) is 12.1 Å². The van der Waals surface area contributed by atoms with Crippen LogP contribution in [0.15, 0.2) is 16.5 Å². The van der Waals surface area contributed by atoms with Crippen LogP contribution in [-0.2, 0) is 5.41 Å². The average Bonchev–Trinajstić information content (AvgIpc) is 2.71. The molecule has 2 aromatic rings. The Hall–Kier alpha value is -0.770. The Labute approximate surface area is 128 Å². The van der Waals surface area contributed by atoms with Gasteiger partial charge in [-0.25, -0.2) is 4.98 Å². The first kappa shape index (κ1) is 14.2. The fourth-order valence-electron chi connectivity index (χ4n) is 3.10. The van der Waals surface area contributed by atoms with E-state index in [0.717, 1.165) is 24.2 Å². The van der Waals surface area contributed by atoms with Gasteiger partial charge in [0.2, 0.25) is 5.89 Å². The second kappa shape index (κ2) is 5.55. The van der Waals surface area contributed by atoms with Crippen LogP contribution in [0.25, 0.3) is 11.1 Å². The normalized spacial score (nSPS) is 19.1. The SMILES string of the molecule is NCC1(c2nc3cc(Cl)cc(Cl)c3o2)CCCCCC1. The summed E-state index contributed by atoms with van der Waals surface area (Å²) in [6, 6.07) is 3.47. The van der Waals surface area contributed by atoms with Crippen molar-refractivity contribution in [1.82, 2.24) is 4.98 Å². The first-order valence-corrected chi connectivity index (χ1v) is 7.86. The summed E-state index contributed by atoms with van der Waals surface area (Å²) in [7, 11) is 0. The first-order valence-electron chi connectivity index (χ1n) is 7.11. The summed E-state index contributed by atoms with van der Waals surface area (Å²) in [5, 5.41) is 1.08. The van der Waals surface area contributed by atoms with Gasteiger partial charge in [0, 0.05) is 11.6 Å². The molecule has 0 atom stereocenters. The van der Waals surface area contributed by atoms with Gasteiger partial charge < -0.3 is 10.2 Å². The van der Waals surface area contributed by atoms with Crippen molar-refractivity contribution in [3.8, 4) is 0 Å². The molecule has 1 aromatic heterocycles. The van der Waals surface area contributed by atoms with Crippen LogP contribution in [-0.4, -0.2) is 11.5 Å². The number of fused-ring (bicyclic) bond motifs is 1. The zero-order valence-electron chi connectivity index (χ0n) is 11.3. The van der Waals surface area contributed by atoms with Gasteiger partial charge >= 0.3 is 0 Å². The summed E-state index contributed by atoms with van der Waals surface area (Å²) in [6.45, 7) is 0.561. The second-order valence-electron chi connectivity index (χ2n) is 5.65. The van der Waals surface area contributed by atoms with Crippen molar-refractivity contribution in [3.05, 3.63) is 28.1 Å². The van der Waals surface area contributed by atoms with Crippen molar-refractivity contribution >= 4 is 34.3 Å². The van der Waals surface area contributed by atoms with E-state index in [9.17, 15) is 0 Å². The van der Waals surface area contributed by atoms with Crippen LogP contribution in [0.2, 0.25) is 10.0 Å². The fourth-order valence-corrected chi connectivity index (χ4v) is 3.62. The predicted molar refractivity (Wildman–Crippen MR) is 82.5 cm³/mol. The van der Waals surface area contributed by atoms with Crippen LogP contribution in [0.5, 0.6) is 0 Å². The summed E-state index contributed by atoms with van der Waals surface area (Å²) in [6.07, 6.45) is 6.92. The van der Waals surface area contributed by atoms with E-state index in [1.165, 1.54) is 25.7 Å². The Kier molecular flexibility index (Phi) is 3.93. The van der Waals surface area contributed by atoms with Gasteiger partial charge in [-0.05, 0) is 25.0 Å². The minimum absolute atomic E-state index is 0.147. The molecule has 1 saturated carbocycles. The quantitative estimate of drug-likeness (QED) is 0.819. The molecule has 5 heteroatoms. The summed E-state index contributed by atoms with van der Waals surface area (Å²) in [5.41, 5.74) is 7.25. The molecule has 1 fully saturated rings. The van der Waals surface area contributed by atoms with Crippen LogP contribution in [0.1, 0.15) is 44.4 Å². The topological polar surface area (TPSA) is 52.0 Å². The number of hydrogen-bond donors (Lipinski definition) is 1. The van der Waals surface area contributed by atoms with Gasteiger partial charge in [-0.1, -0.05) is 48.9 Å². The molecule has 2 N–H and O–H groups in total. The molecule has 0 saturated heterocycles. The van der Waals surface area contributed by atoms with Gasteiger partial charge in [0.15, 0.2) is 5.58 Å². The Morgan fingerprint density at radius 3 is 2.50 bits per heavy atom. The fraction of sp³-hybridized carbons (Fsp3) is 0.533. The summed E-state index contributed by atoms with van der Waals surface area (Å²) in [5.74, 6) is 0.723. The van der Waals surface area contributed by atoms with Crippen molar-refractivity contribution in [1.29, 1.82) is 0 Å². The van der Waals surface area contributed by atoms with Gasteiger partial charge in [0.05, 0.1) is 10.4 Å². The lowest BCUT2D eigenvalue weighted by Gasteiger charge is -2.27. The van der Waals surface area contributed by atoms with Crippen LogP contribution >= 0.6 is 23.2 Å². The molecule has 1 aliphatic carbocycles. The van der Waals surface area contributed by atoms with E-state index in [4.69, 9.17) is 33.4 Å². The van der Waals surface area contributed by atoms with E-state index >= 15 is 0 Å². The van der Waals surface area contributed by atoms with E-state index in [2.05, 4.69) is 4.98 Å². The minimum Gasteiger partial charge on any atom is -0.438 e. The molecule has 0 bridgehead atoms. The van der Waals surface area contributed by atoms with Gasteiger partial charge in [-0.2, -0.15) is 0 Å². The van der Waals surface area contributed by atoms with E-state index in [1.807, 2.05) is 0 Å². The molecule has 1 aromatic carbocycles. The van der Waals surface area contributed by atoms with Crippen LogP contribution in [0.4, 0.5) is 0 Å². The standard InChI is InChI=1S/C15H18Cl2N2O/c16-10-7-11(17)13-12(8-10)19-14(20-13)15(9-18)5-3-1-2-4-6-15/h7-8H,1-6,9,18H2. The molecular weight excluding hydrogens is 295 g/mol. The molecule has 0 amide bonds. The molecule has 0 aliphatic heterocycles. The van der Waals surface area contributed by atoms with Gasteiger partial charge in [-0.15, -0.1) is 0 Å². The molecule has 0 unspecified atom stereocenters. The van der Waals surface area contributed by atoms with Gasteiger partial charge in [-0.3, -0.25) is 0 Å². The minimum atomic E-state index is -0.147. The number of halogens is 2. The number of benzene rings is 1. The molecular formula is C15H18Cl2N2O. The lowest BCUT2D eigenvalue weighted by Crippen LogP contribution is -2.35. The molecule has 20 heavy (non-hydrogen) atoms. The third-order valence-electron chi connectivity index (χ3n) is 4.31. The third-order valence-corrected chi connectivity index (χ3v) is 4.81. The number of rotatable bonds is 2. The Morgan fingerprint density at radius 1 is 1.15 bits per heavy atom. The Bertz CT molecular complexity index is 616. The van der Waals surface area contributed by atoms with Gasteiger partial charge in [0.25, 0.3) is 0 Å². The molecule has 1 heterocycles. The molecule has 1 aliphatic rings. The average molecular weight is 313 g/mol. The zero-order valence-corrected chi connectivity index (χ0v) is 12.8. The number of hydrogen-bond acceptors (Lipinski definition) is 3. The van der Waals surface area contributed by atoms with Crippen molar-refractivity contribution < 1.29 is 4.42 Å². The van der Waals surface area contributed by atoms with Crippen LogP contribution < -0.4 is 5.73 Å². The first-order chi connectivity index (χ1) is 9.64. The summed E-state index contributed by atoms with van der Waals surface area (Å²) in [4.78, 5) is 4.63. The summed E-state index contributed by atoms with van der Waals surface area (Å²) < 4.78 is 5.96. The molecule has 108 valence electrons. The van der Waals surface area contributed by atoms with Crippen molar-refractivity contribution in [2.24, 2.45) is 5.73 Å². The van der Waals surface area contributed by atoms with Crippen molar-refractivity contribution in [2.75, 3.05) is 6.54 Å². The monoisotopic (exact) mass is 312 g/mol. The smallest absolute Gasteiger partial charge is 0.203 e. The highest BCUT2D eigenvalue weighted by Crippen LogP contribution is 2.39. The number of nitrogens with two attached hydrogens (primary N) is 1. The third kappa shape index (κ3) is 2.43. The highest BCUT2D eigenvalue weighted by atomic mass is 35.5. The second-order valence-corrected chi connectivity index (χ2v) is 6.50. The van der Waals surface area contributed by atoms with E-state index in [0.29, 0.717) is 22.2 Å². The Balaban J connectivity index is 2.09. The van der Waals surface area contributed by atoms with Gasteiger partial charge in [0.1, 0.15) is 5.52 Å². The van der Waals surface area contributed by atoms with Crippen molar-refractivity contribution in [3.63, 3.8) is 0 Å². The van der Waals surface area contributed by atoms with E-state index < -0.39 is 0 Å². The predicted octanol–water partition coefficient (Wildman–Crippen LogP) is 4.69. The molecule has 3 nitrogen and oxygen atoms in total. The largest absolute Gasteiger partial charge is 0.438 e. The summed E-state index contributed by atoms with van der Waals surface area (Å²) >= 11 is 12.2. The Morgan fingerprint density at radius 2 is 1.85 bits per heavy atom. The lowest BCUT2D eigenvalue weighted by atomic mass is 9.80. The number of aromatic nitrogens is 1. The van der Waals surface area contributed by atoms with Crippen LogP contribution in [0, 0.1) is 0 Å². The van der Waals surface area contributed by atoms with Crippen molar-refractivity contribution in [2.45, 2.75) is 43.9 Å². The number of nitrogens with zero attached hydrogens (tertiary/aromatic N) is 1. The maximum Gasteiger partial charge on any atom is 0.203 e. The maximum absolute atomic E-state index is 6.19. The highest BCUT2D eigenvalue weighted by molar-refractivity contribution is 6.37. The molecule has 3 rings (SSSR count). The zero-order chi connectivity index (χ0) is 14.2. The lowest BCUT2D eigenvalue weighted by molar-refractivity contribution is 0.300. The molecule has 0 radical (unpaired) electrons. The highest BCUT2D eigenvalue weighted by Gasteiger charge is 2.36.